The van der Waals surface area contributed by atoms with Crippen molar-refractivity contribution in [2.45, 2.75) is 13.5 Å². The van der Waals surface area contributed by atoms with Crippen molar-refractivity contribution < 1.29 is 9.53 Å². The molecule has 0 unspecified atom stereocenters. The van der Waals surface area contributed by atoms with E-state index in [2.05, 4.69) is 5.32 Å². The van der Waals surface area contributed by atoms with Gasteiger partial charge in [-0.15, -0.1) is 0 Å². The molecule has 0 bridgehead atoms. The van der Waals surface area contributed by atoms with Crippen LogP contribution in [0.3, 0.4) is 0 Å². The molecule has 150 valence electrons. The first-order chi connectivity index (χ1) is 14.5. The van der Waals surface area contributed by atoms with Gasteiger partial charge in [0.25, 0.3) is 0 Å². The molecule has 1 amide bonds. The molecule has 0 aliphatic carbocycles. The molecule has 1 heterocycles. The zero-order valence-corrected chi connectivity index (χ0v) is 17.0. The Labute approximate surface area is 178 Å². The molecule has 1 N–H and O–H groups in total. The van der Waals surface area contributed by atoms with Crippen LogP contribution in [0, 0.1) is 6.92 Å². The largest absolute Gasteiger partial charge is 0.455 e. The molecule has 5 nitrogen and oxygen atoms in total. The van der Waals surface area contributed by atoms with Gasteiger partial charge in [-0.1, -0.05) is 41.4 Å². The Morgan fingerprint density at radius 2 is 1.80 bits per heavy atom. The highest BCUT2D eigenvalue weighted by atomic mass is 35.5. The summed E-state index contributed by atoms with van der Waals surface area (Å²) in [6, 6.07) is 21.3. The Morgan fingerprint density at radius 1 is 1.03 bits per heavy atom. The van der Waals surface area contributed by atoms with E-state index in [1.165, 1.54) is 6.07 Å². The van der Waals surface area contributed by atoms with Gasteiger partial charge in [-0.3, -0.25) is 9.59 Å². The van der Waals surface area contributed by atoms with Crippen LogP contribution < -0.4 is 15.5 Å². The number of anilines is 1. The van der Waals surface area contributed by atoms with Gasteiger partial charge in [0.2, 0.25) is 5.91 Å². The topological polar surface area (TPSA) is 60.3 Å². The summed E-state index contributed by atoms with van der Waals surface area (Å²) in [7, 11) is 0. The summed E-state index contributed by atoms with van der Waals surface area (Å²) in [6.07, 6.45) is 1.62. The van der Waals surface area contributed by atoms with E-state index in [-0.39, 0.29) is 17.9 Å². The van der Waals surface area contributed by atoms with Gasteiger partial charge in [0, 0.05) is 22.7 Å². The molecule has 4 aromatic rings. The second-order valence-electron chi connectivity index (χ2n) is 6.93. The summed E-state index contributed by atoms with van der Waals surface area (Å²) < 4.78 is 7.67. The Bertz CT molecular complexity index is 1280. The highest BCUT2D eigenvalue weighted by Gasteiger charge is 2.12. The highest BCUT2D eigenvalue weighted by Crippen LogP contribution is 2.32. The van der Waals surface area contributed by atoms with Crippen LogP contribution in [0.15, 0.2) is 83.8 Å². The van der Waals surface area contributed by atoms with E-state index in [4.69, 9.17) is 16.3 Å². The maximum Gasteiger partial charge on any atom is 0.244 e. The van der Waals surface area contributed by atoms with Gasteiger partial charge in [0.15, 0.2) is 11.2 Å². The molecule has 1 aromatic heterocycles. The Kier molecular flexibility index (Phi) is 5.55. The lowest BCUT2D eigenvalue weighted by molar-refractivity contribution is -0.116. The fourth-order valence-corrected chi connectivity index (χ4v) is 3.34. The second-order valence-corrected chi connectivity index (χ2v) is 7.37. The molecule has 0 aliphatic rings. The first-order valence-electron chi connectivity index (χ1n) is 9.42. The third-order valence-electron chi connectivity index (χ3n) is 4.66. The lowest BCUT2D eigenvalue weighted by Gasteiger charge is -2.14. The minimum absolute atomic E-state index is 0.0390. The number of aryl methyl sites for hydroxylation is 1. The van der Waals surface area contributed by atoms with Gasteiger partial charge < -0.3 is 14.6 Å². The summed E-state index contributed by atoms with van der Waals surface area (Å²) in [6.45, 7) is 2.04. The van der Waals surface area contributed by atoms with Crippen LogP contribution in [-0.2, 0) is 11.3 Å². The van der Waals surface area contributed by atoms with E-state index in [1.54, 1.807) is 41.1 Å². The second kappa shape index (κ2) is 8.43. The minimum Gasteiger partial charge on any atom is -0.455 e. The number of fused-ring (bicyclic) bond motifs is 1. The number of ether oxygens (including phenoxy) is 1. The van der Waals surface area contributed by atoms with Crippen molar-refractivity contribution in [2.75, 3.05) is 5.32 Å². The smallest absolute Gasteiger partial charge is 0.244 e. The summed E-state index contributed by atoms with van der Waals surface area (Å²) >= 11 is 6.13. The number of para-hydroxylation sites is 1. The van der Waals surface area contributed by atoms with Crippen LogP contribution in [0.2, 0.25) is 5.02 Å². The molecule has 30 heavy (non-hydrogen) atoms. The summed E-state index contributed by atoms with van der Waals surface area (Å²) in [5, 5.41) is 3.91. The number of halogens is 1. The average molecular weight is 419 g/mol. The molecule has 0 atom stereocenters. The summed E-state index contributed by atoms with van der Waals surface area (Å²) in [5.41, 5.74) is 2.21. The number of rotatable bonds is 5. The Morgan fingerprint density at radius 3 is 2.60 bits per heavy atom. The molecule has 0 radical (unpaired) electrons. The van der Waals surface area contributed by atoms with Crippen molar-refractivity contribution in [3.05, 3.63) is 99.8 Å². The number of hydrogen-bond acceptors (Lipinski definition) is 3. The number of hydrogen-bond donors (Lipinski definition) is 1. The summed E-state index contributed by atoms with van der Waals surface area (Å²) in [4.78, 5) is 24.8. The SMILES string of the molecule is Cc1ccc(Oc2ccc(Cl)cc2NC(=O)Cn2ccc(=O)c3ccccc32)cc1. The van der Waals surface area contributed by atoms with Gasteiger partial charge in [-0.05, 0) is 49.4 Å². The molecule has 0 spiro atoms. The van der Waals surface area contributed by atoms with Crippen molar-refractivity contribution in [3.8, 4) is 11.5 Å². The molecule has 0 aliphatic heterocycles. The van der Waals surface area contributed by atoms with Gasteiger partial charge in [-0.25, -0.2) is 0 Å². The average Bonchev–Trinajstić information content (AvgIpc) is 2.74. The normalized spacial score (nSPS) is 10.7. The monoisotopic (exact) mass is 418 g/mol. The van der Waals surface area contributed by atoms with E-state index in [1.807, 2.05) is 43.3 Å². The van der Waals surface area contributed by atoms with Crippen molar-refractivity contribution in [3.63, 3.8) is 0 Å². The number of benzene rings is 3. The van der Waals surface area contributed by atoms with Crippen LogP contribution in [0.25, 0.3) is 10.9 Å². The minimum atomic E-state index is -0.264. The molecule has 0 saturated carbocycles. The first-order valence-corrected chi connectivity index (χ1v) is 9.79. The number of amides is 1. The van der Waals surface area contributed by atoms with E-state index in [0.29, 0.717) is 33.1 Å². The van der Waals surface area contributed by atoms with Crippen LogP contribution >= 0.6 is 11.6 Å². The van der Waals surface area contributed by atoms with E-state index in [0.717, 1.165) is 5.56 Å². The predicted molar refractivity (Wildman–Crippen MR) is 120 cm³/mol. The van der Waals surface area contributed by atoms with Gasteiger partial charge in [0.05, 0.1) is 11.2 Å². The summed E-state index contributed by atoms with van der Waals surface area (Å²) in [5.74, 6) is 0.881. The number of aromatic nitrogens is 1. The van der Waals surface area contributed by atoms with Crippen LogP contribution in [0.1, 0.15) is 5.56 Å². The fourth-order valence-electron chi connectivity index (χ4n) is 3.16. The van der Waals surface area contributed by atoms with Crippen molar-refractivity contribution >= 4 is 34.1 Å². The molecule has 6 heteroatoms. The number of nitrogens with one attached hydrogen (secondary N) is 1. The van der Waals surface area contributed by atoms with Crippen LogP contribution in [0.5, 0.6) is 11.5 Å². The highest BCUT2D eigenvalue weighted by molar-refractivity contribution is 6.31. The first kappa shape index (κ1) is 19.7. The Hall–Kier alpha value is -3.57. The molecule has 4 rings (SSSR count). The quantitative estimate of drug-likeness (QED) is 0.472. The maximum absolute atomic E-state index is 12.8. The number of nitrogens with zero attached hydrogens (tertiary/aromatic N) is 1. The maximum atomic E-state index is 12.8. The lowest BCUT2D eigenvalue weighted by atomic mass is 10.2. The van der Waals surface area contributed by atoms with E-state index in [9.17, 15) is 9.59 Å². The number of carbonyl (C=O) groups excluding carboxylic acids is 1. The zero-order chi connectivity index (χ0) is 21.1. The Balaban J connectivity index is 1.58. The van der Waals surface area contributed by atoms with Gasteiger partial charge in [-0.2, -0.15) is 0 Å². The molecule has 3 aromatic carbocycles. The predicted octanol–water partition coefficient (Wildman–Crippen LogP) is 5.39. The fraction of sp³-hybridized carbons (Fsp3) is 0.0833. The third kappa shape index (κ3) is 4.36. The van der Waals surface area contributed by atoms with E-state index < -0.39 is 0 Å². The molecule has 0 fully saturated rings. The van der Waals surface area contributed by atoms with Gasteiger partial charge >= 0.3 is 0 Å². The standard InChI is InChI=1S/C24H19ClN2O3/c1-16-6-9-18(10-7-16)30-23-11-8-17(25)14-20(23)26-24(29)15-27-13-12-22(28)19-4-2-3-5-21(19)27/h2-14H,15H2,1H3,(H,26,29). The van der Waals surface area contributed by atoms with Crippen LogP contribution in [0.4, 0.5) is 5.69 Å². The zero-order valence-electron chi connectivity index (χ0n) is 16.3. The van der Waals surface area contributed by atoms with Gasteiger partial charge in [0.1, 0.15) is 12.3 Å². The van der Waals surface area contributed by atoms with E-state index >= 15 is 0 Å². The third-order valence-corrected chi connectivity index (χ3v) is 4.90. The van der Waals surface area contributed by atoms with Crippen LogP contribution in [-0.4, -0.2) is 10.5 Å². The number of pyridine rings is 1. The molecular formula is C24H19ClN2O3. The number of carbonyl (C=O) groups is 1. The lowest BCUT2D eigenvalue weighted by Crippen LogP contribution is -2.20. The van der Waals surface area contributed by atoms with Crippen molar-refractivity contribution in [1.82, 2.24) is 4.57 Å². The van der Waals surface area contributed by atoms with Crippen molar-refractivity contribution in [1.29, 1.82) is 0 Å². The van der Waals surface area contributed by atoms with Crippen molar-refractivity contribution in [2.24, 2.45) is 0 Å². The molecular weight excluding hydrogens is 400 g/mol. The molecule has 0 saturated heterocycles.